The summed E-state index contributed by atoms with van der Waals surface area (Å²) in [6, 6.07) is 20.8. The molecule has 89 heavy (non-hydrogen) atoms. The van der Waals surface area contributed by atoms with Crippen LogP contribution in [0.2, 0.25) is 0 Å². The van der Waals surface area contributed by atoms with Crippen molar-refractivity contribution < 1.29 is 68.9 Å². The fraction of sp³-hybridized carbons (Fsp3) is 0.458. The molecule has 469 valence electrons. The molecule has 3 aliphatic heterocycles. The second-order valence-electron chi connectivity index (χ2n) is 27.5. The van der Waals surface area contributed by atoms with Crippen LogP contribution < -0.4 is 23.7 Å². The molecule has 0 spiro atoms. The van der Waals surface area contributed by atoms with Crippen LogP contribution in [0, 0.1) is 21.7 Å². The molecule has 1 atom stereocenters. The molecule has 16 nitrogen and oxygen atoms in total. The molecule has 6 aromatic heterocycles. The number of ether oxygens (including phenoxy) is 4. The van der Waals surface area contributed by atoms with Gasteiger partial charge in [-0.15, -0.1) is 22.1 Å². The fourth-order valence-electron chi connectivity index (χ4n) is 10.9. The van der Waals surface area contributed by atoms with E-state index in [1.165, 1.54) is 0 Å². The molecule has 0 amide bonds. The van der Waals surface area contributed by atoms with Gasteiger partial charge in [-0.2, -0.15) is 0 Å². The monoisotopic (exact) mass is 1250 g/mol. The van der Waals surface area contributed by atoms with Crippen molar-refractivity contribution >= 4 is 70.2 Å². The van der Waals surface area contributed by atoms with Crippen molar-refractivity contribution in [3.05, 3.63) is 126 Å². The molecule has 1 unspecified atom stereocenters. The Morgan fingerprint density at radius 2 is 0.820 bits per heavy atom. The van der Waals surface area contributed by atoms with Gasteiger partial charge in [-0.3, -0.25) is 19.2 Å². The maximum absolute atomic E-state index is 12.7. The van der Waals surface area contributed by atoms with Gasteiger partial charge in [-0.1, -0.05) is 24.3 Å². The van der Waals surface area contributed by atoms with Crippen LogP contribution in [-0.2, 0) is 74.8 Å². The van der Waals surface area contributed by atoms with Crippen molar-refractivity contribution in [3.8, 4) is 33.4 Å². The summed E-state index contributed by atoms with van der Waals surface area (Å²) in [4.78, 5) is 75.6. The zero-order valence-electron chi connectivity index (χ0n) is 54.2. The summed E-state index contributed by atoms with van der Waals surface area (Å²) < 4.78 is 29.1. The Morgan fingerprint density at radius 3 is 1.20 bits per heavy atom. The smallest absolute Gasteiger partial charge is 0.657 e. The van der Waals surface area contributed by atoms with Gasteiger partial charge in [0.05, 0.1) is 70.9 Å². The zero-order valence-corrected chi connectivity index (χ0v) is 55.3. The first-order chi connectivity index (χ1) is 41.8. The quantitative estimate of drug-likeness (QED) is 0.0232. The Bertz CT molecular complexity index is 3700. The van der Waals surface area contributed by atoms with E-state index in [1.54, 1.807) is 0 Å². The number of pyridine rings is 3. The molecule has 0 N–H and O–H groups in total. The number of hydrogen-bond acceptors (Lipinski definition) is 11. The number of carbonyl (C=O) groups excluding carboxylic acids is 4. The molecular formula is C72H89MnN8O8+3. The third kappa shape index (κ3) is 17.4. The molecule has 6 aromatic rings. The van der Waals surface area contributed by atoms with Crippen molar-refractivity contribution in [1.82, 2.24) is 24.8 Å². The second-order valence-corrected chi connectivity index (χ2v) is 27.5. The third-order valence-corrected chi connectivity index (χ3v) is 15.7. The molecule has 8 bridgehead atoms. The Morgan fingerprint density at radius 1 is 0.483 bits per heavy atom. The van der Waals surface area contributed by atoms with Crippen molar-refractivity contribution in [2.75, 3.05) is 46.1 Å². The van der Waals surface area contributed by atoms with Crippen LogP contribution in [0.4, 0.5) is 0 Å². The number of piperidine rings is 1. The molecule has 0 aliphatic carbocycles. The Hall–Kier alpha value is -7.59. The van der Waals surface area contributed by atoms with E-state index in [0.29, 0.717) is 65.3 Å². The minimum atomic E-state index is -0.592. The van der Waals surface area contributed by atoms with E-state index < -0.39 is 21.7 Å². The van der Waals surface area contributed by atoms with Gasteiger partial charge in [0, 0.05) is 67.2 Å². The zero-order chi connectivity index (χ0) is 63.0. The number of esters is 4. The van der Waals surface area contributed by atoms with Gasteiger partial charge in [0.2, 0.25) is 0 Å². The Kier molecular flexibility index (Phi) is 21.9. The minimum Gasteiger partial charge on any atom is -0.657 e. The SMILES string of the molecule is CC(C)(C)C(=O)OCCCN1CCCC(c2c3nc(c(-c4ccc[n+](CCCOC(=O)C(C)(C)C)c4)c4ccc([n-]4)c(-c4ccc[n+](CCCOC(=O)C(C)(C)C)c4)c4nc(c(-c5ccc[n+](CCCOC(=O)C(C)(C)C)c5)c5ccc2[n-]5)C=C4)C=C3)C1.[Mn+2]. The number of fused-ring (bicyclic) bond motifs is 8. The van der Waals surface area contributed by atoms with E-state index in [1.807, 2.05) is 120 Å². The van der Waals surface area contributed by atoms with Crippen molar-refractivity contribution in [3.63, 3.8) is 0 Å². The predicted molar refractivity (Wildman–Crippen MR) is 342 cm³/mol. The van der Waals surface area contributed by atoms with Crippen LogP contribution in [0.5, 0.6) is 0 Å². The maximum Gasteiger partial charge on any atom is 2.00 e. The third-order valence-electron chi connectivity index (χ3n) is 15.7. The number of aromatic nitrogens is 7. The number of hydrogen-bond donors (Lipinski definition) is 0. The molecule has 0 aromatic carbocycles. The van der Waals surface area contributed by atoms with Crippen LogP contribution >= 0.6 is 0 Å². The van der Waals surface area contributed by atoms with E-state index in [-0.39, 0.29) is 46.9 Å². The summed E-state index contributed by atoms with van der Waals surface area (Å²) in [6.07, 6.45) is 25.3. The first-order valence-corrected chi connectivity index (χ1v) is 31.3. The number of nitrogens with zero attached hydrogens (tertiary/aromatic N) is 8. The molecule has 1 radical (unpaired) electrons. The molecule has 9 rings (SSSR count). The molecule has 0 saturated carbocycles. The summed E-state index contributed by atoms with van der Waals surface area (Å²) in [5.74, 6) is -0.816. The number of likely N-dealkylation sites (tertiary alicyclic amines) is 1. The number of aryl methyl sites for hydroxylation is 3. The van der Waals surface area contributed by atoms with Crippen molar-refractivity contribution in [1.29, 1.82) is 0 Å². The van der Waals surface area contributed by atoms with E-state index >= 15 is 0 Å². The summed E-state index contributed by atoms with van der Waals surface area (Å²) in [6.45, 7) is 27.9. The molecule has 1 fully saturated rings. The number of carbonyl (C=O) groups is 4. The predicted octanol–water partition coefficient (Wildman–Crippen LogP) is 11.9. The topological polar surface area (TPSA) is 174 Å². The van der Waals surface area contributed by atoms with Crippen LogP contribution in [-0.4, -0.2) is 84.8 Å². The molecular weight excluding hydrogens is 1160 g/mol. The molecule has 3 aliphatic rings. The first kappa shape index (κ1) is 67.3. The summed E-state index contributed by atoms with van der Waals surface area (Å²) in [5.41, 5.74) is 10.1. The number of rotatable bonds is 20. The second kappa shape index (κ2) is 28.9. The van der Waals surface area contributed by atoms with Gasteiger partial charge in [0.15, 0.2) is 56.8 Å². The van der Waals surface area contributed by atoms with Gasteiger partial charge in [0.25, 0.3) is 0 Å². The van der Waals surface area contributed by atoms with E-state index in [2.05, 4.69) is 104 Å². The normalized spacial score (nSPS) is 14.5. The summed E-state index contributed by atoms with van der Waals surface area (Å²) in [7, 11) is 0. The Labute approximate surface area is 535 Å². The van der Waals surface area contributed by atoms with Gasteiger partial charge in [0.1, 0.15) is 0 Å². The fourth-order valence-corrected chi connectivity index (χ4v) is 10.9. The molecule has 1 saturated heterocycles. The van der Waals surface area contributed by atoms with E-state index in [4.69, 9.17) is 38.9 Å². The van der Waals surface area contributed by atoms with Gasteiger partial charge < -0.3 is 33.8 Å². The van der Waals surface area contributed by atoms with E-state index in [9.17, 15) is 19.2 Å². The first-order valence-electron chi connectivity index (χ1n) is 31.3. The standard InChI is InChI=1S/C72H89N8O8.Mn/c1-69(2,3)65(81)85-41-17-37-77-33-13-21-49(45-77)61-53-25-27-55(73-53)62(50-22-14-34-78(46-50)38-18-42-86-66(82)70(4,5)6)57-29-31-59(75-57)64(52-24-16-36-80(48-52)40-20-44-88-68(84)72(10,11)12)60-32-30-58(76-60)63(56-28-26-54(61)74-56)51-23-15-35-79(47-51)39-19-43-87-67(83)71(7,8)9;/h13-15,21-23,25-35,45-47,52H,16-20,24,36-44,48H2,1-12H3;/q+1;+2. The average Bonchev–Trinajstić information content (AvgIpc) is 2.76. The summed E-state index contributed by atoms with van der Waals surface area (Å²) >= 11 is 0. The van der Waals surface area contributed by atoms with Crippen molar-refractivity contribution in [2.24, 2.45) is 21.7 Å². The molecule has 9 heterocycles. The maximum atomic E-state index is 12.7. The molecule has 17 heteroatoms. The van der Waals surface area contributed by atoms with E-state index in [0.717, 1.165) is 123 Å². The van der Waals surface area contributed by atoms with Gasteiger partial charge in [-0.05, 0) is 180 Å². The average molecular weight is 1250 g/mol. The van der Waals surface area contributed by atoms with Crippen LogP contribution in [0.3, 0.4) is 0 Å². The minimum absolute atomic E-state index is 0. The van der Waals surface area contributed by atoms with Crippen LogP contribution in [0.15, 0.2) is 97.8 Å². The largest absolute Gasteiger partial charge is 2.00 e. The summed E-state index contributed by atoms with van der Waals surface area (Å²) in [5, 5.41) is 0. The Balaban J connectivity index is 0.0000102. The van der Waals surface area contributed by atoms with Crippen LogP contribution in [0.1, 0.15) is 156 Å². The van der Waals surface area contributed by atoms with Gasteiger partial charge in [-0.25, -0.2) is 23.7 Å². The van der Waals surface area contributed by atoms with Crippen molar-refractivity contribution in [2.45, 2.75) is 147 Å². The van der Waals surface area contributed by atoms with Crippen LogP contribution in [0.25, 0.3) is 79.8 Å². The van der Waals surface area contributed by atoms with Gasteiger partial charge >= 0.3 is 40.9 Å².